The highest BCUT2D eigenvalue weighted by atomic mass is 35.5. The number of hydrogen-bond donors (Lipinski definition) is 2. The topological polar surface area (TPSA) is 87.1 Å². The minimum Gasteiger partial charge on any atom is -0.507 e. The largest absolute Gasteiger partial charge is 0.507 e. The van der Waals surface area contributed by atoms with Gasteiger partial charge in [-0.25, -0.2) is 10.4 Å². The van der Waals surface area contributed by atoms with E-state index in [1.807, 2.05) is 5.38 Å². The number of phenolic OH excluding ortho intramolecular Hbond substituents is 1. The molecule has 1 aliphatic heterocycles. The normalized spacial score (nSPS) is 15.2. The van der Waals surface area contributed by atoms with Crippen LogP contribution in [0, 0.1) is 0 Å². The quantitative estimate of drug-likeness (QED) is 0.600. The zero-order chi connectivity index (χ0) is 18.5. The number of hydrogen-bond acceptors (Lipinski definition) is 7. The lowest BCUT2D eigenvalue weighted by Gasteiger charge is -2.26. The molecule has 0 spiro atoms. The van der Waals surface area contributed by atoms with Gasteiger partial charge in [0.05, 0.1) is 31.0 Å². The Kier molecular flexibility index (Phi) is 6.08. The smallest absolute Gasteiger partial charge is 0.246 e. The summed E-state index contributed by atoms with van der Waals surface area (Å²) in [5.74, 6) is -0.218. The van der Waals surface area contributed by atoms with Crippen LogP contribution in [-0.4, -0.2) is 48.0 Å². The van der Waals surface area contributed by atoms with Crippen molar-refractivity contribution in [2.24, 2.45) is 5.10 Å². The zero-order valence-corrected chi connectivity index (χ0v) is 15.8. The third-order valence-electron chi connectivity index (χ3n) is 3.86. The number of amides is 1. The first-order valence-electron chi connectivity index (χ1n) is 8.12. The number of carbonyl (C=O) groups excluding carboxylic acids is 1. The summed E-state index contributed by atoms with van der Waals surface area (Å²) in [6.45, 7) is 4.70. The van der Waals surface area contributed by atoms with Gasteiger partial charge in [-0.05, 0) is 25.1 Å². The second kappa shape index (κ2) is 8.48. The Morgan fingerprint density at radius 2 is 2.23 bits per heavy atom. The van der Waals surface area contributed by atoms with E-state index in [4.69, 9.17) is 16.3 Å². The van der Waals surface area contributed by atoms with E-state index in [1.54, 1.807) is 19.1 Å². The minimum atomic E-state index is -0.273. The maximum absolute atomic E-state index is 12.1. The van der Waals surface area contributed by atoms with E-state index in [0.717, 1.165) is 18.2 Å². The highest BCUT2D eigenvalue weighted by Crippen LogP contribution is 2.23. The number of anilines is 1. The van der Waals surface area contributed by atoms with Crippen molar-refractivity contribution in [3.8, 4) is 5.75 Å². The molecule has 0 aliphatic carbocycles. The number of nitrogens with one attached hydrogen (secondary N) is 1. The van der Waals surface area contributed by atoms with E-state index >= 15 is 0 Å². The lowest BCUT2D eigenvalue weighted by atomic mass is 10.1. The molecule has 2 aromatic rings. The van der Waals surface area contributed by atoms with Crippen molar-refractivity contribution in [3.63, 3.8) is 0 Å². The first-order chi connectivity index (χ1) is 12.5. The molecule has 1 aromatic heterocycles. The van der Waals surface area contributed by atoms with Crippen molar-refractivity contribution in [2.45, 2.75) is 13.3 Å². The third kappa shape index (κ3) is 4.72. The number of hydrazone groups is 1. The molecule has 138 valence electrons. The zero-order valence-electron chi connectivity index (χ0n) is 14.2. The third-order valence-corrected chi connectivity index (χ3v) is 5.04. The summed E-state index contributed by atoms with van der Waals surface area (Å²) >= 11 is 7.44. The molecule has 0 radical (unpaired) electrons. The molecule has 1 aromatic carbocycles. The number of carbonyl (C=O) groups is 1. The summed E-state index contributed by atoms with van der Waals surface area (Å²) in [5.41, 5.74) is 4.13. The fourth-order valence-corrected chi connectivity index (χ4v) is 3.54. The van der Waals surface area contributed by atoms with Crippen molar-refractivity contribution in [1.82, 2.24) is 10.4 Å². The molecule has 1 fully saturated rings. The Bertz CT molecular complexity index is 818. The van der Waals surface area contributed by atoms with Crippen LogP contribution in [0.1, 0.15) is 18.2 Å². The number of aromatic nitrogens is 1. The second-order valence-electron chi connectivity index (χ2n) is 5.79. The van der Waals surface area contributed by atoms with E-state index in [1.165, 1.54) is 17.4 Å². The maximum Gasteiger partial charge on any atom is 0.246 e. The number of halogens is 1. The molecule has 1 saturated heterocycles. The van der Waals surface area contributed by atoms with Crippen molar-refractivity contribution in [3.05, 3.63) is 39.9 Å². The summed E-state index contributed by atoms with van der Waals surface area (Å²) in [7, 11) is 0. The SMILES string of the molecule is C/C(=N\NC(=O)Cc1csc(N2CCOCC2)n1)c1cc(Cl)ccc1O. The van der Waals surface area contributed by atoms with Gasteiger partial charge in [0, 0.05) is 29.1 Å². The highest BCUT2D eigenvalue weighted by Gasteiger charge is 2.15. The van der Waals surface area contributed by atoms with Crippen LogP contribution in [-0.2, 0) is 16.0 Å². The minimum absolute atomic E-state index is 0.0551. The maximum atomic E-state index is 12.1. The Hall–Kier alpha value is -2.16. The van der Waals surface area contributed by atoms with Crippen LogP contribution < -0.4 is 10.3 Å². The van der Waals surface area contributed by atoms with Gasteiger partial charge < -0.3 is 14.7 Å². The van der Waals surface area contributed by atoms with E-state index < -0.39 is 0 Å². The van der Waals surface area contributed by atoms with Crippen LogP contribution in [0.2, 0.25) is 5.02 Å². The molecule has 0 unspecified atom stereocenters. The van der Waals surface area contributed by atoms with E-state index in [-0.39, 0.29) is 18.1 Å². The average Bonchev–Trinajstić information content (AvgIpc) is 3.11. The molecule has 1 amide bonds. The summed E-state index contributed by atoms with van der Waals surface area (Å²) < 4.78 is 5.33. The predicted molar refractivity (Wildman–Crippen MR) is 102 cm³/mol. The van der Waals surface area contributed by atoms with Crippen molar-refractivity contribution in [2.75, 3.05) is 31.2 Å². The van der Waals surface area contributed by atoms with E-state index in [0.29, 0.717) is 35.2 Å². The van der Waals surface area contributed by atoms with Crippen LogP contribution in [0.5, 0.6) is 5.75 Å². The van der Waals surface area contributed by atoms with E-state index in [9.17, 15) is 9.90 Å². The van der Waals surface area contributed by atoms with Crippen LogP contribution in [0.15, 0.2) is 28.7 Å². The molecule has 1 aliphatic rings. The van der Waals surface area contributed by atoms with Crippen molar-refractivity contribution < 1.29 is 14.6 Å². The first-order valence-corrected chi connectivity index (χ1v) is 9.38. The molecule has 2 heterocycles. The van der Waals surface area contributed by atoms with Crippen LogP contribution >= 0.6 is 22.9 Å². The van der Waals surface area contributed by atoms with Gasteiger partial charge in [0.25, 0.3) is 0 Å². The number of aromatic hydroxyl groups is 1. The van der Waals surface area contributed by atoms with Gasteiger partial charge in [0.1, 0.15) is 5.75 Å². The summed E-state index contributed by atoms with van der Waals surface area (Å²) in [5, 5.41) is 17.2. The molecule has 26 heavy (non-hydrogen) atoms. The predicted octanol–water partition coefficient (Wildman–Crippen LogP) is 2.42. The van der Waals surface area contributed by atoms with Gasteiger partial charge in [-0.1, -0.05) is 11.6 Å². The standard InChI is InChI=1S/C17H19ClN4O3S/c1-11(14-8-12(18)2-3-15(14)23)20-21-16(24)9-13-10-26-17(19-13)22-4-6-25-7-5-22/h2-3,8,10,23H,4-7,9H2,1H3,(H,21,24)/b20-11+. The molecule has 3 rings (SSSR count). The Morgan fingerprint density at radius 1 is 1.46 bits per heavy atom. The summed E-state index contributed by atoms with van der Waals surface area (Å²) in [6, 6.07) is 4.67. The van der Waals surface area contributed by atoms with E-state index in [2.05, 4.69) is 20.4 Å². The van der Waals surface area contributed by atoms with Gasteiger partial charge in [0.2, 0.25) is 5.91 Å². The summed E-state index contributed by atoms with van der Waals surface area (Å²) in [4.78, 5) is 18.8. The van der Waals surface area contributed by atoms with Gasteiger partial charge in [-0.2, -0.15) is 5.10 Å². The molecule has 0 bridgehead atoms. The first kappa shape index (κ1) is 18.6. The second-order valence-corrected chi connectivity index (χ2v) is 7.06. The monoisotopic (exact) mass is 394 g/mol. The van der Waals surface area contributed by atoms with Crippen LogP contribution in [0.25, 0.3) is 0 Å². The molecule has 9 heteroatoms. The average molecular weight is 395 g/mol. The molecule has 2 N–H and O–H groups in total. The van der Waals surface area contributed by atoms with Crippen molar-refractivity contribution >= 4 is 39.7 Å². The Labute approximate surface area is 160 Å². The molecule has 7 nitrogen and oxygen atoms in total. The number of nitrogens with zero attached hydrogens (tertiary/aromatic N) is 3. The lowest BCUT2D eigenvalue weighted by Crippen LogP contribution is -2.36. The molecular formula is C17H19ClN4O3S. The number of morpholine rings is 1. The van der Waals surface area contributed by atoms with Crippen LogP contribution in [0.3, 0.4) is 0 Å². The fraction of sp³-hybridized carbons (Fsp3) is 0.353. The number of phenols is 1. The van der Waals surface area contributed by atoms with Crippen molar-refractivity contribution in [1.29, 1.82) is 0 Å². The Balaban J connectivity index is 1.58. The fourth-order valence-electron chi connectivity index (χ4n) is 2.49. The van der Waals surface area contributed by atoms with Gasteiger partial charge in [0.15, 0.2) is 5.13 Å². The van der Waals surface area contributed by atoms with Gasteiger partial charge in [-0.15, -0.1) is 11.3 Å². The number of thiazole rings is 1. The van der Waals surface area contributed by atoms with Crippen LogP contribution in [0.4, 0.5) is 5.13 Å². The highest BCUT2D eigenvalue weighted by molar-refractivity contribution is 7.13. The molecule has 0 atom stereocenters. The number of rotatable bonds is 5. The number of benzene rings is 1. The molecular weight excluding hydrogens is 376 g/mol. The van der Waals surface area contributed by atoms with Gasteiger partial charge >= 0.3 is 0 Å². The molecule has 0 saturated carbocycles. The Morgan fingerprint density at radius 3 is 3.00 bits per heavy atom. The van der Waals surface area contributed by atoms with Gasteiger partial charge in [-0.3, -0.25) is 4.79 Å². The lowest BCUT2D eigenvalue weighted by molar-refractivity contribution is -0.120. The summed E-state index contributed by atoms with van der Waals surface area (Å²) in [6.07, 6.45) is 0.138. The number of ether oxygens (including phenoxy) is 1.